The highest BCUT2D eigenvalue weighted by atomic mass is 19.1. The summed E-state index contributed by atoms with van der Waals surface area (Å²) >= 11 is 0. The number of rotatable bonds is 8. The van der Waals surface area contributed by atoms with Crippen molar-refractivity contribution in [1.82, 2.24) is 20.4 Å². The zero-order valence-electron chi connectivity index (χ0n) is 19.1. The van der Waals surface area contributed by atoms with Crippen molar-refractivity contribution in [2.75, 3.05) is 33.2 Å². The maximum Gasteiger partial charge on any atom is 0.251 e. The number of carbonyl (C=O) groups is 2. The van der Waals surface area contributed by atoms with Gasteiger partial charge in [0.2, 0.25) is 5.91 Å². The number of nitrogens with zero attached hydrogens (tertiary/aromatic N) is 2. The van der Waals surface area contributed by atoms with Crippen molar-refractivity contribution in [3.63, 3.8) is 0 Å². The summed E-state index contributed by atoms with van der Waals surface area (Å²) in [6.45, 7) is 9.43. The Kier molecular flexibility index (Phi) is 8.36. The lowest BCUT2D eigenvalue weighted by Crippen LogP contribution is -2.49. The minimum atomic E-state index is -0.677. The molecule has 0 saturated carbocycles. The number of hydrogen-bond donors (Lipinski definition) is 2. The Morgan fingerprint density at radius 3 is 2.12 bits per heavy atom. The van der Waals surface area contributed by atoms with E-state index >= 15 is 0 Å². The van der Waals surface area contributed by atoms with Crippen molar-refractivity contribution in [1.29, 1.82) is 0 Å². The first-order valence-electron chi connectivity index (χ1n) is 11.1. The van der Waals surface area contributed by atoms with Crippen LogP contribution < -0.4 is 10.6 Å². The van der Waals surface area contributed by atoms with Crippen LogP contribution in [0, 0.1) is 11.7 Å². The van der Waals surface area contributed by atoms with E-state index in [1.807, 2.05) is 26.0 Å². The topological polar surface area (TPSA) is 64.7 Å². The summed E-state index contributed by atoms with van der Waals surface area (Å²) in [7, 11) is 2.15. The number of halogens is 1. The molecule has 0 aromatic heterocycles. The largest absolute Gasteiger partial charge is 0.350 e. The van der Waals surface area contributed by atoms with E-state index < -0.39 is 17.8 Å². The molecule has 2 amide bonds. The lowest BCUT2D eigenvalue weighted by molar-refractivity contribution is -0.124. The Bertz CT molecular complexity index is 891. The van der Waals surface area contributed by atoms with E-state index in [2.05, 4.69) is 39.6 Å². The van der Waals surface area contributed by atoms with Crippen LogP contribution in [-0.4, -0.2) is 60.9 Å². The molecule has 3 rings (SSSR count). The molecule has 1 heterocycles. The first-order valence-corrected chi connectivity index (χ1v) is 11.1. The molecule has 1 unspecified atom stereocenters. The van der Waals surface area contributed by atoms with Crippen molar-refractivity contribution >= 4 is 11.8 Å². The number of benzene rings is 2. The maximum absolute atomic E-state index is 13.1. The molecule has 0 bridgehead atoms. The van der Waals surface area contributed by atoms with Gasteiger partial charge < -0.3 is 15.5 Å². The van der Waals surface area contributed by atoms with Crippen molar-refractivity contribution < 1.29 is 14.0 Å². The van der Waals surface area contributed by atoms with Gasteiger partial charge in [0.05, 0.1) is 0 Å². The summed E-state index contributed by atoms with van der Waals surface area (Å²) < 4.78 is 13.1. The van der Waals surface area contributed by atoms with E-state index in [-0.39, 0.29) is 11.8 Å². The van der Waals surface area contributed by atoms with Crippen LogP contribution in [0.1, 0.15) is 35.3 Å². The normalized spacial score (nSPS) is 16.0. The minimum Gasteiger partial charge on any atom is -0.350 e. The van der Waals surface area contributed by atoms with Crippen LogP contribution in [0.3, 0.4) is 0 Å². The molecule has 1 fully saturated rings. The molecule has 1 saturated heterocycles. The first kappa shape index (κ1) is 23.9. The number of amides is 2. The molecule has 0 aliphatic carbocycles. The molecule has 7 heteroatoms. The molecule has 32 heavy (non-hydrogen) atoms. The van der Waals surface area contributed by atoms with Gasteiger partial charge in [-0.05, 0) is 48.4 Å². The van der Waals surface area contributed by atoms with E-state index in [9.17, 15) is 14.0 Å². The van der Waals surface area contributed by atoms with E-state index in [0.29, 0.717) is 12.1 Å². The highest BCUT2D eigenvalue weighted by molar-refractivity contribution is 5.97. The Balaban J connectivity index is 1.51. The van der Waals surface area contributed by atoms with Gasteiger partial charge >= 0.3 is 0 Å². The molecule has 172 valence electrons. The summed E-state index contributed by atoms with van der Waals surface area (Å²) in [4.78, 5) is 30.0. The Labute approximate surface area is 189 Å². The molecule has 1 atom stereocenters. The number of carbonyl (C=O) groups excluding carboxylic acids is 2. The van der Waals surface area contributed by atoms with E-state index in [0.717, 1.165) is 38.3 Å². The van der Waals surface area contributed by atoms with Crippen molar-refractivity contribution in [3.05, 3.63) is 71.0 Å². The minimum absolute atomic E-state index is 0.0923. The van der Waals surface area contributed by atoms with Crippen molar-refractivity contribution in [3.8, 4) is 0 Å². The zero-order chi connectivity index (χ0) is 23.1. The second-order valence-electron chi connectivity index (χ2n) is 8.82. The van der Waals surface area contributed by atoms with E-state index in [1.54, 1.807) is 0 Å². The second kappa shape index (κ2) is 11.2. The van der Waals surface area contributed by atoms with E-state index in [4.69, 9.17) is 0 Å². The van der Waals surface area contributed by atoms with Gasteiger partial charge in [-0.2, -0.15) is 0 Å². The monoisotopic (exact) mass is 440 g/mol. The van der Waals surface area contributed by atoms with Crippen LogP contribution in [0.4, 0.5) is 4.39 Å². The second-order valence-corrected chi connectivity index (χ2v) is 8.82. The Morgan fingerprint density at radius 1 is 0.938 bits per heavy atom. The summed E-state index contributed by atoms with van der Waals surface area (Å²) in [6, 6.07) is 12.9. The van der Waals surface area contributed by atoms with Crippen LogP contribution in [-0.2, 0) is 17.9 Å². The third-order valence-corrected chi connectivity index (χ3v) is 5.83. The summed E-state index contributed by atoms with van der Waals surface area (Å²) in [5, 5.41) is 5.69. The number of piperazine rings is 1. The lowest BCUT2D eigenvalue weighted by atomic mass is 10.0. The van der Waals surface area contributed by atoms with Gasteiger partial charge in [0.1, 0.15) is 11.9 Å². The standard InChI is InChI=1S/C25H33FN4O2/c1-18(2)23(28-24(31)21-8-10-22(26)11-9-21)25(32)27-16-19-4-6-20(7-5-19)17-30-14-12-29(3)13-15-30/h4-11,18,23H,12-17H2,1-3H3,(H,27,32)(H,28,31). The molecule has 2 aromatic rings. The first-order chi connectivity index (χ1) is 15.3. The molecular formula is C25H33FN4O2. The zero-order valence-corrected chi connectivity index (χ0v) is 19.1. The SMILES string of the molecule is CC(C)C(NC(=O)c1ccc(F)cc1)C(=O)NCc1ccc(CN2CCN(C)CC2)cc1. The van der Waals surface area contributed by atoms with Crippen molar-refractivity contribution in [2.24, 2.45) is 5.92 Å². The summed E-state index contributed by atoms with van der Waals surface area (Å²) in [6.07, 6.45) is 0. The van der Waals surface area contributed by atoms with Crippen LogP contribution >= 0.6 is 0 Å². The fourth-order valence-corrected chi connectivity index (χ4v) is 3.69. The van der Waals surface area contributed by atoms with Gasteiger partial charge in [0, 0.05) is 44.8 Å². The predicted octanol–water partition coefficient (Wildman–Crippen LogP) is 2.64. The number of nitrogens with one attached hydrogen (secondary N) is 2. The Morgan fingerprint density at radius 2 is 1.53 bits per heavy atom. The molecule has 1 aliphatic heterocycles. The summed E-state index contributed by atoms with van der Waals surface area (Å²) in [5.74, 6) is -1.14. The number of hydrogen-bond acceptors (Lipinski definition) is 4. The molecular weight excluding hydrogens is 407 g/mol. The van der Waals surface area contributed by atoms with Gasteiger partial charge in [-0.25, -0.2) is 4.39 Å². The molecule has 0 radical (unpaired) electrons. The third kappa shape index (κ3) is 6.87. The summed E-state index contributed by atoms with van der Waals surface area (Å²) in [5.41, 5.74) is 2.59. The third-order valence-electron chi connectivity index (χ3n) is 5.83. The maximum atomic E-state index is 13.1. The fourth-order valence-electron chi connectivity index (χ4n) is 3.69. The average molecular weight is 441 g/mol. The van der Waals surface area contributed by atoms with Crippen LogP contribution in [0.25, 0.3) is 0 Å². The van der Waals surface area contributed by atoms with Crippen molar-refractivity contribution in [2.45, 2.75) is 33.0 Å². The fraction of sp³-hybridized carbons (Fsp3) is 0.440. The molecule has 0 spiro atoms. The van der Waals surface area contributed by atoms with E-state index in [1.165, 1.54) is 29.8 Å². The lowest BCUT2D eigenvalue weighted by Gasteiger charge is -2.32. The average Bonchev–Trinajstić information content (AvgIpc) is 2.78. The molecule has 1 aliphatic rings. The van der Waals surface area contributed by atoms with Crippen LogP contribution in [0.15, 0.2) is 48.5 Å². The highest BCUT2D eigenvalue weighted by Gasteiger charge is 2.24. The number of likely N-dealkylation sites (N-methyl/N-ethyl adjacent to an activating group) is 1. The quantitative estimate of drug-likeness (QED) is 0.663. The van der Waals surface area contributed by atoms with Gasteiger partial charge in [-0.15, -0.1) is 0 Å². The van der Waals surface area contributed by atoms with Gasteiger partial charge in [0.15, 0.2) is 0 Å². The molecule has 2 aromatic carbocycles. The van der Waals surface area contributed by atoms with Gasteiger partial charge in [-0.3, -0.25) is 14.5 Å². The Hall–Kier alpha value is -2.77. The van der Waals surface area contributed by atoms with Gasteiger partial charge in [0.25, 0.3) is 5.91 Å². The van der Waals surface area contributed by atoms with Crippen LogP contribution in [0.5, 0.6) is 0 Å². The highest BCUT2D eigenvalue weighted by Crippen LogP contribution is 2.11. The smallest absolute Gasteiger partial charge is 0.251 e. The predicted molar refractivity (Wildman–Crippen MR) is 124 cm³/mol. The molecule has 2 N–H and O–H groups in total. The van der Waals surface area contributed by atoms with Gasteiger partial charge in [-0.1, -0.05) is 38.1 Å². The molecule has 6 nitrogen and oxygen atoms in total. The van der Waals surface area contributed by atoms with Crippen LogP contribution in [0.2, 0.25) is 0 Å².